The lowest BCUT2D eigenvalue weighted by atomic mass is 10.1. The molecule has 2 aliphatic rings. The van der Waals surface area contributed by atoms with Crippen molar-refractivity contribution in [3.8, 4) is 0 Å². The number of nitrogens with zero attached hydrogens (tertiary/aromatic N) is 1. The molecule has 1 aliphatic heterocycles. The molecule has 1 N–H and O–H groups in total. The summed E-state index contributed by atoms with van der Waals surface area (Å²) >= 11 is 0. The van der Waals surface area contributed by atoms with E-state index in [1.807, 2.05) is 0 Å². The minimum Gasteiger partial charge on any atom is -0.312 e. The fraction of sp³-hybridized carbons (Fsp3) is 0.571. The summed E-state index contributed by atoms with van der Waals surface area (Å²) in [7, 11) is 0. The van der Waals surface area contributed by atoms with Crippen molar-refractivity contribution in [1.29, 1.82) is 0 Å². The number of benzene rings is 1. The van der Waals surface area contributed by atoms with Crippen LogP contribution in [0.1, 0.15) is 18.1 Å². The van der Waals surface area contributed by atoms with Crippen molar-refractivity contribution < 1.29 is 0 Å². The molecule has 1 fully saturated rings. The van der Waals surface area contributed by atoms with E-state index in [4.69, 9.17) is 0 Å². The van der Waals surface area contributed by atoms with Crippen LogP contribution >= 0.6 is 0 Å². The maximum absolute atomic E-state index is 3.51. The van der Waals surface area contributed by atoms with E-state index in [0.29, 0.717) is 6.04 Å². The van der Waals surface area contributed by atoms with Gasteiger partial charge < -0.3 is 5.32 Å². The average Bonchev–Trinajstić information content (AvgIpc) is 2.72. The molecule has 1 saturated heterocycles. The van der Waals surface area contributed by atoms with E-state index < -0.39 is 0 Å². The Bertz CT molecular complexity index is 350. The first-order chi connectivity index (χ1) is 7.83. The topological polar surface area (TPSA) is 15.3 Å². The third-order valence-electron chi connectivity index (χ3n) is 3.95. The first-order valence-electron chi connectivity index (χ1n) is 6.37. The molecule has 0 saturated carbocycles. The second kappa shape index (κ2) is 4.19. The highest BCUT2D eigenvalue weighted by Gasteiger charge is 2.28. The Labute approximate surface area is 97.6 Å². The normalized spacial score (nSPS) is 26.9. The van der Waals surface area contributed by atoms with Crippen LogP contribution in [0, 0.1) is 0 Å². The van der Waals surface area contributed by atoms with Gasteiger partial charge in [0.25, 0.3) is 0 Å². The summed E-state index contributed by atoms with van der Waals surface area (Å²) in [5.74, 6) is 0. The van der Waals surface area contributed by atoms with E-state index >= 15 is 0 Å². The predicted octanol–water partition coefficient (Wildman–Crippen LogP) is 1.45. The molecule has 1 aliphatic carbocycles. The molecule has 0 bridgehead atoms. The van der Waals surface area contributed by atoms with Gasteiger partial charge in [0.2, 0.25) is 0 Å². The molecule has 1 aromatic carbocycles. The predicted molar refractivity (Wildman–Crippen MR) is 66.7 cm³/mol. The zero-order chi connectivity index (χ0) is 11.0. The van der Waals surface area contributed by atoms with Crippen molar-refractivity contribution in [2.45, 2.75) is 31.8 Å². The zero-order valence-electron chi connectivity index (χ0n) is 9.95. The van der Waals surface area contributed by atoms with E-state index in [0.717, 1.165) is 12.6 Å². The van der Waals surface area contributed by atoms with Gasteiger partial charge in [-0.1, -0.05) is 24.3 Å². The van der Waals surface area contributed by atoms with Gasteiger partial charge in [0, 0.05) is 31.7 Å². The van der Waals surface area contributed by atoms with Crippen molar-refractivity contribution in [2.24, 2.45) is 0 Å². The van der Waals surface area contributed by atoms with Crippen LogP contribution in [-0.4, -0.2) is 36.6 Å². The Morgan fingerprint density at radius 1 is 1.19 bits per heavy atom. The van der Waals surface area contributed by atoms with Gasteiger partial charge in [0.05, 0.1) is 0 Å². The Morgan fingerprint density at radius 2 is 1.88 bits per heavy atom. The highest BCUT2D eigenvalue weighted by Crippen LogP contribution is 2.25. The van der Waals surface area contributed by atoms with Crippen LogP contribution in [0.5, 0.6) is 0 Å². The van der Waals surface area contributed by atoms with Crippen LogP contribution in [0.25, 0.3) is 0 Å². The van der Waals surface area contributed by atoms with Gasteiger partial charge in [0.15, 0.2) is 0 Å². The minimum atomic E-state index is 0.650. The molecule has 0 radical (unpaired) electrons. The molecule has 2 nitrogen and oxygen atoms in total. The number of nitrogens with one attached hydrogen (secondary N) is 1. The molecule has 3 rings (SSSR count). The highest BCUT2D eigenvalue weighted by atomic mass is 15.2. The standard InChI is InChI=1S/C14H20N2/c1-11-10-16(7-6-15-11)14-8-12-4-2-3-5-13(12)9-14/h2-5,11,14-15H,6-10H2,1H3. The first-order valence-corrected chi connectivity index (χ1v) is 6.37. The summed E-state index contributed by atoms with van der Waals surface area (Å²) in [6.45, 7) is 5.85. The smallest absolute Gasteiger partial charge is 0.0177 e. The van der Waals surface area contributed by atoms with Gasteiger partial charge in [-0.05, 0) is 30.9 Å². The van der Waals surface area contributed by atoms with E-state index in [1.54, 1.807) is 11.1 Å². The monoisotopic (exact) mass is 216 g/mol. The Hall–Kier alpha value is -0.860. The summed E-state index contributed by atoms with van der Waals surface area (Å²) in [5, 5.41) is 3.51. The number of rotatable bonds is 1. The third-order valence-corrected chi connectivity index (χ3v) is 3.95. The van der Waals surface area contributed by atoms with Gasteiger partial charge in [-0.3, -0.25) is 4.90 Å². The number of hydrogen-bond donors (Lipinski definition) is 1. The molecule has 1 atom stereocenters. The van der Waals surface area contributed by atoms with Crippen LogP contribution in [0.3, 0.4) is 0 Å². The lowest BCUT2D eigenvalue weighted by Crippen LogP contribution is -2.53. The third kappa shape index (κ3) is 1.87. The van der Waals surface area contributed by atoms with E-state index in [9.17, 15) is 0 Å². The van der Waals surface area contributed by atoms with Crippen molar-refractivity contribution in [3.05, 3.63) is 35.4 Å². The molecule has 1 aromatic rings. The summed E-state index contributed by atoms with van der Waals surface area (Å²) in [6, 6.07) is 10.3. The second-order valence-electron chi connectivity index (χ2n) is 5.18. The van der Waals surface area contributed by atoms with Crippen molar-refractivity contribution in [1.82, 2.24) is 10.2 Å². The summed E-state index contributed by atoms with van der Waals surface area (Å²) in [6.07, 6.45) is 2.51. The molecule has 1 heterocycles. The van der Waals surface area contributed by atoms with Crippen molar-refractivity contribution in [2.75, 3.05) is 19.6 Å². The first kappa shape index (κ1) is 10.3. The quantitative estimate of drug-likeness (QED) is 0.764. The number of hydrogen-bond acceptors (Lipinski definition) is 2. The maximum Gasteiger partial charge on any atom is 0.0177 e. The van der Waals surface area contributed by atoms with Gasteiger partial charge in [-0.25, -0.2) is 0 Å². The molecular formula is C14H20N2. The Morgan fingerprint density at radius 3 is 2.50 bits per heavy atom. The molecule has 1 unspecified atom stereocenters. The van der Waals surface area contributed by atoms with Gasteiger partial charge in [-0.2, -0.15) is 0 Å². The Balaban J connectivity index is 1.71. The summed E-state index contributed by atoms with van der Waals surface area (Å²) < 4.78 is 0. The van der Waals surface area contributed by atoms with Crippen molar-refractivity contribution in [3.63, 3.8) is 0 Å². The largest absolute Gasteiger partial charge is 0.312 e. The van der Waals surface area contributed by atoms with Crippen molar-refractivity contribution >= 4 is 0 Å². The fourth-order valence-electron chi connectivity index (χ4n) is 3.09. The molecule has 0 aromatic heterocycles. The van der Waals surface area contributed by atoms with E-state index in [-0.39, 0.29) is 0 Å². The van der Waals surface area contributed by atoms with Crippen LogP contribution in [0.15, 0.2) is 24.3 Å². The van der Waals surface area contributed by atoms with Crippen LogP contribution < -0.4 is 5.32 Å². The lowest BCUT2D eigenvalue weighted by molar-refractivity contribution is 0.152. The molecule has 2 heteroatoms. The molecule has 86 valence electrons. The van der Waals surface area contributed by atoms with Crippen LogP contribution in [0.2, 0.25) is 0 Å². The van der Waals surface area contributed by atoms with Gasteiger partial charge >= 0.3 is 0 Å². The minimum absolute atomic E-state index is 0.650. The van der Waals surface area contributed by atoms with E-state index in [1.165, 1.54) is 25.9 Å². The average molecular weight is 216 g/mol. The summed E-state index contributed by atoms with van der Waals surface area (Å²) in [5.41, 5.74) is 3.14. The van der Waals surface area contributed by atoms with Crippen LogP contribution in [0.4, 0.5) is 0 Å². The second-order valence-corrected chi connectivity index (χ2v) is 5.18. The fourth-order valence-corrected chi connectivity index (χ4v) is 3.09. The summed E-state index contributed by atoms with van der Waals surface area (Å²) in [4.78, 5) is 2.67. The highest BCUT2D eigenvalue weighted by molar-refractivity contribution is 5.33. The lowest BCUT2D eigenvalue weighted by Gasteiger charge is -2.36. The number of piperazine rings is 1. The van der Waals surface area contributed by atoms with Crippen LogP contribution in [-0.2, 0) is 12.8 Å². The number of fused-ring (bicyclic) bond motifs is 1. The van der Waals surface area contributed by atoms with Gasteiger partial charge in [0.1, 0.15) is 0 Å². The molecular weight excluding hydrogens is 196 g/mol. The molecule has 16 heavy (non-hydrogen) atoms. The molecule has 0 amide bonds. The van der Waals surface area contributed by atoms with Gasteiger partial charge in [-0.15, -0.1) is 0 Å². The SMILES string of the molecule is CC1CN(C2Cc3ccccc3C2)CCN1. The zero-order valence-corrected chi connectivity index (χ0v) is 9.95. The Kier molecular flexibility index (Phi) is 2.70. The van der Waals surface area contributed by atoms with E-state index in [2.05, 4.69) is 41.4 Å². The molecule has 0 spiro atoms. The maximum atomic E-state index is 3.51.